The molecule has 5 unspecified atom stereocenters. The summed E-state index contributed by atoms with van der Waals surface area (Å²) in [6.07, 6.45) is 7.47. The smallest absolute Gasteiger partial charge is 0.323 e. The quantitative estimate of drug-likeness (QED) is 0.0742. The highest BCUT2D eigenvalue weighted by molar-refractivity contribution is 5.82. The molecule has 5 fully saturated rings. The lowest BCUT2D eigenvalue weighted by atomic mass is 9.34. The van der Waals surface area contributed by atoms with Gasteiger partial charge in [-0.1, -0.05) is 68.2 Å². The molecule has 5 aliphatic rings. The lowest BCUT2D eigenvalue weighted by molar-refractivity contribution is -0.327. The van der Waals surface area contributed by atoms with Gasteiger partial charge in [-0.15, -0.1) is 0 Å². The van der Waals surface area contributed by atoms with Gasteiger partial charge in [0.1, 0.15) is 18.2 Å². The van der Waals surface area contributed by atoms with E-state index in [2.05, 4.69) is 53.8 Å². The van der Waals surface area contributed by atoms with Crippen LogP contribution in [0.25, 0.3) is 0 Å². The summed E-state index contributed by atoms with van der Waals surface area (Å²) >= 11 is 0. The predicted octanol–water partition coefficient (Wildman–Crippen LogP) is 9.29. The third-order valence-electron chi connectivity index (χ3n) is 18.4. The van der Waals surface area contributed by atoms with Crippen LogP contribution >= 0.6 is 0 Å². The van der Waals surface area contributed by atoms with E-state index in [9.17, 15) is 24.0 Å². The zero-order valence-electron chi connectivity index (χ0n) is 42.6. The van der Waals surface area contributed by atoms with E-state index in [1.165, 1.54) is 33.1 Å². The van der Waals surface area contributed by atoms with Gasteiger partial charge in [-0.05, 0) is 137 Å². The number of hydrogen-bond acceptors (Lipinski definition) is 13. The number of carbonyl (C=O) groups is 5. The summed E-state index contributed by atoms with van der Waals surface area (Å²) in [6, 6.07) is -0.806. The first kappa shape index (κ1) is 53.2. The third-order valence-corrected chi connectivity index (χ3v) is 18.4. The molecule has 4 aliphatic carbocycles. The standard InChI is InChI=1S/C52H87NO12/c1-15-38-44(62-34(7)55)32(5)45(63-35(8)56)47(64-38)65-52(14,24-19-18-20-28-53-37(46(58)60-17-3)29-42(57)59-16-2)36-22-26-51(13)43(36)39(61-33(6)54)30-41-49(11)25-21-31(4)48(9,10)40(49)23-27-50(41,51)12/h31-32,36-41,43-45,47,53H,15-30H2,1-14H3/t31-,32-,36?,37?,38+,39?,40?,41?,43-,44-,45+,47+,49-,50+,51+,52-/m0/s1. The normalized spacial score (nSPS) is 38.7. The average molecular weight is 918 g/mol. The van der Waals surface area contributed by atoms with Crippen molar-refractivity contribution in [3.8, 4) is 0 Å². The summed E-state index contributed by atoms with van der Waals surface area (Å²) in [5.41, 5.74) is -0.671. The van der Waals surface area contributed by atoms with Crippen LogP contribution in [0.15, 0.2) is 0 Å². The van der Waals surface area contributed by atoms with Gasteiger partial charge in [0, 0.05) is 32.6 Å². The van der Waals surface area contributed by atoms with E-state index >= 15 is 0 Å². The molecular formula is C52H87NO12. The van der Waals surface area contributed by atoms with Gasteiger partial charge in [0.25, 0.3) is 0 Å². The first-order valence-electron chi connectivity index (χ1n) is 25.3. The third kappa shape index (κ3) is 10.8. The monoisotopic (exact) mass is 918 g/mol. The largest absolute Gasteiger partial charge is 0.466 e. The van der Waals surface area contributed by atoms with Crippen molar-refractivity contribution in [2.24, 2.45) is 57.2 Å². The Morgan fingerprint density at radius 1 is 0.754 bits per heavy atom. The molecule has 1 N–H and O–H groups in total. The van der Waals surface area contributed by atoms with Gasteiger partial charge < -0.3 is 38.5 Å². The van der Waals surface area contributed by atoms with Crippen molar-refractivity contribution < 1.29 is 57.1 Å². The number of fused-ring (bicyclic) bond motifs is 5. The highest BCUT2D eigenvalue weighted by Gasteiger charge is 2.72. The van der Waals surface area contributed by atoms with E-state index in [1.54, 1.807) is 20.8 Å². The van der Waals surface area contributed by atoms with E-state index < -0.39 is 66.0 Å². The minimum atomic E-state index is -0.947. The van der Waals surface area contributed by atoms with Crippen LogP contribution in [0.4, 0.5) is 0 Å². The molecule has 65 heavy (non-hydrogen) atoms. The Bertz CT molecular complexity index is 1690. The van der Waals surface area contributed by atoms with Crippen molar-refractivity contribution in [3.63, 3.8) is 0 Å². The Kier molecular flexibility index (Phi) is 17.4. The first-order valence-corrected chi connectivity index (χ1v) is 25.3. The number of carbonyl (C=O) groups excluding carboxylic acids is 5. The van der Waals surface area contributed by atoms with Crippen LogP contribution in [0.1, 0.15) is 180 Å². The minimum Gasteiger partial charge on any atom is -0.466 e. The SMILES string of the molecule is CCOC(=O)CC(NCCCCC[C@](C)(O[C@H]1O[C@H](CC)[C@@H](OC(C)=O)[C@H](C)[C@H]1OC(C)=O)C1CC[C@]2(C)[C@@H]1C(OC(C)=O)CC1[C@@]3(C)CC[C@H](C)C(C)(C)C3CC[C@]12C)C(=O)OCC. The van der Waals surface area contributed by atoms with E-state index in [0.29, 0.717) is 37.1 Å². The molecule has 372 valence electrons. The lowest BCUT2D eigenvalue weighted by Crippen LogP contribution is -2.66. The molecule has 4 saturated carbocycles. The zero-order chi connectivity index (χ0) is 48.3. The Balaban J connectivity index is 1.49. The van der Waals surface area contributed by atoms with Crippen LogP contribution in [-0.2, 0) is 57.1 Å². The summed E-state index contributed by atoms with van der Waals surface area (Å²) in [7, 11) is 0. The summed E-state index contributed by atoms with van der Waals surface area (Å²) in [5.74, 6) is -0.968. The van der Waals surface area contributed by atoms with Gasteiger partial charge in [0.15, 0.2) is 12.4 Å². The Morgan fingerprint density at radius 3 is 2.00 bits per heavy atom. The molecule has 1 heterocycles. The summed E-state index contributed by atoms with van der Waals surface area (Å²) < 4.78 is 43.0. The summed E-state index contributed by atoms with van der Waals surface area (Å²) in [4.78, 5) is 63.5. The van der Waals surface area contributed by atoms with Crippen molar-refractivity contribution >= 4 is 29.8 Å². The van der Waals surface area contributed by atoms with Crippen molar-refractivity contribution in [3.05, 3.63) is 0 Å². The Morgan fingerprint density at radius 2 is 1.38 bits per heavy atom. The number of ether oxygens (including phenoxy) is 7. The maximum Gasteiger partial charge on any atom is 0.323 e. The van der Waals surface area contributed by atoms with Gasteiger partial charge in [0.05, 0.1) is 31.3 Å². The van der Waals surface area contributed by atoms with Gasteiger partial charge in [-0.2, -0.15) is 0 Å². The van der Waals surface area contributed by atoms with Crippen LogP contribution in [0.2, 0.25) is 0 Å². The van der Waals surface area contributed by atoms with Crippen molar-refractivity contribution in [2.75, 3.05) is 19.8 Å². The van der Waals surface area contributed by atoms with Gasteiger partial charge in [0.2, 0.25) is 0 Å². The molecule has 0 aromatic rings. The second-order valence-corrected chi connectivity index (χ2v) is 22.3. The summed E-state index contributed by atoms with van der Waals surface area (Å²) in [5, 5.41) is 3.24. The maximum atomic E-state index is 13.3. The molecule has 16 atom stereocenters. The molecule has 0 aromatic carbocycles. The average Bonchev–Trinajstić information content (AvgIpc) is 3.60. The molecule has 1 saturated heterocycles. The number of unbranched alkanes of at least 4 members (excludes halogenated alkanes) is 2. The Hall–Kier alpha value is -2.77. The maximum absolute atomic E-state index is 13.3. The van der Waals surface area contributed by atoms with Gasteiger partial charge in [-0.25, -0.2) is 0 Å². The van der Waals surface area contributed by atoms with Crippen molar-refractivity contribution in [2.45, 2.75) is 223 Å². The minimum absolute atomic E-state index is 0.00272. The fourth-order valence-corrected chi connectivity index (χ4v) is 14.7. The molecule has 0 amide bonds. The number of nitrogens with one attached hydrogen (secondary N) is 1. The molecule has 0 bridgehead atoms. The van der Waals surface area contributed by atoms with E-state index in [1.807, 2.05) is 13.8 Å². The topological polar surface area (TPSA) is 162 Å². The van der Waals surface area contributed by atoms with E-state index in [-0.39, 0.29) is 65.2 Å². The van der Waals surface area contributed by atoms with Crippen LogP contribution in [0.3, 0.4) is 0 Å². The van der Waals surface area contributed by atoms with Crippen LogP contribution in [-0.4, -0.2) is 92.0 Å². The fourth-order valence-electron chi connectivity index (χ4n) is 14.7. The van der Waals surface area contributed by atoms with Crippen LogP contribution < -0.4 is 5.32 Å². The van der Waals surface area contributed by atoms with Crippen molar-refractivity contribution in [1.29, 1.82) is 0 Å². The zero-order valence-corrected chi connectivity index (χ0v) is 42.6. The van der Waals surface area contributed by atoms with Crippen molar-refractivity contribution in [1.82, 2.24) is 5.32 Å². The number of hydrogen-bond donors (Lipinski definition) is 1. The Labute approximate surface area is 390 Å². The lowest BCUT2D eigenvalue weighted by Gasteiger charge is -2.71. The molecule has 0 aromatic heterocycles. The van der Waals surface area contributed by atoms with Gasteiger partial charge in [-0.3, -0.25) is 24.0 Å². The highest BCUT2D eigenvalue weighted by atomic mass is 16.7. The molecular weight excluding hydrogens is 831 g/mol. The molecule has 5 rings (SSSR count). The fraction of sp³-hybridized carbons (Fsp3) is 0.904. The van der Waals surface area contributed by atoms with E-state index in [4.69, 9.17) is 33.2 Å². The second-order valence-electron chi connectivity index (χ2n) is 22.3. The number of esters is 5. The predicted molar refractivity (Wildman–Crippen MR) is 246 cm³/mol. The van der Waals surface area contributed by atoms with E-state index in [0.717, 1.165) is 44.9 Å². The van der Waals surface area contributed by atoms with Gasteiger partial charge >= 0.3 is 29.8 Å². The molecule has 0 radical (unpaired) electrons. The highest BCUT2D eigenvalue weighted by Crippen LogP contribution is 2.76. The molecule has 13 heteroatoms. The second kappa shape index (κ2) is 21.3. The molecule has 0 spiro atoms. The summed E-state index contributed by atoms with van der Waals surface area (Å²) in [6.45, 7) is 29.8. The number of rotatable bonds is 19. The first-order chi connectivity index (χ1) is 30.4. The van der Waals surface area contributed by atoms with Crippen LogP contribution in [0.5, 0.6) is 0 Å². The molecule has 1 aliphatic heterocycles. The molecule has 13 nitrogen and oxygen atoms in total. The van der Waals surface area contributed by atoms with Crippen LogP contribution in [0, 0.1) is 57.2 Å².